The van der Waals surface area contributed by atoms with Gasteiger partial charge in [0.2, 0.25) is 0 Å². The van der Waals surface area contributed by atoms with E-state index in [9.17, 15) is 14.7 Å². The Labute approximate surface area is 175 Å². The zero-order valence-corrected chi connectivity index (χ0v) is 17.3. The molecule has 1 aromatic heterocycles. The van der Waals surface area contributed by atoms with E-state index < -0.39 is 17.7 Å². The summed E-state index contributed by atoms with van der Waals surface area (Å²) in [5.74, 6) is -1.37. The van der Waals surface area contributed by atoms with Crippen LogP contribution in [0, 0.1) is 6.92 Å². The summed E-state index contributed by atoms with van der Waals surface area (Å²) in [4.78, 5) is 32.7. The Bertz CT molecular complexity index is 1160. The fourth-order valence-electron chi connectivity index (χ4n) is 4.05. The van der Waals surface area contributed by atoms with Gasteiger partial charge >= 0.3 is 0 Å². The number of amides is 1. The van der Waals surface area contributed by atoms with Gasteiger partial charge in [0.15, 0.2) is 0 Å². The molecular formula is C24H25N3O3. The van der Waals surface area contributed by atoms with Crippen molar-refractivity contribution in [2.75, 3.05) is 27.2 Å². The maximum Gasteiger partial charge on any atom is 0.295 e. The number of hydrogen-bond acceptors (Lipinski definition) is 4. The second-order valence-electron chi connectivity index (χ2n) is 7.90. The second kappa shape index (κ2) is 7.80. The molecule has 1 aliphatic heterocycles. The molecular weight excluding hydrogens is 378 g/mol. The van der Waals surface area contributed by atoms with E-state index in [1.165, 1.54) is 0 Å². The van der Waals surface area contributed by atoms with Crippen molar-refractivity contribution in [2.45, 2.75) is 13.0 Å². The third kappa shape index (κ3) is 3.29. The van der Waals surface area contributed by atoms with Gasteiger partial charge in [-0.2, -0.15) is 0 Å². The van der Waals surface area contributed by atoms with E-state index >= 15 is 0 Å². The molecule has 1 aliphatic rings. The third-order valence-electron chi connectivity index (χ3n) is 5.66. The lowest BCUT2D eigenvalue weighted by atomic mass is 9.92. The highest BCUT2D eigenvalue weighted by molar-refractivity contribution is 6.46. The maximum absolute atomic E-state index is 13.1. The first-order chi connectivity index (χ1) is 14.4. The molecule has 2 aromatic carbocycles. The van der Waals surface area contributed by atoms with Crippen LogP contribution in [0.1, 0.15) is 22.7 Å². The van der Waals surface area contributed by atoms with Crippen LogP contribution in [-0.2, 0) is 9.59 Å². The van der Waals surface area contributed by atoms with E-state index in [1.807, 2.05) is 74.4 Å². The molecule has 0 radical (unpaired) electrons. The number of benzene rings is 2. The molecule has 6 heteroatoms. The monoisotopic (exact) mass is 403 g/mol. The zero-order chi connectivity index (χ0) is 21.4. The van der Waals surface area contributed by atoms with Crippen LogP contribution in [-0.4, -0.2) is 58.8 Å². The minimum Gasteiger partial charge on any atom is -0.507 e. The van der Waals surface area contributed by atoms with Gasteiger partial charge in [0.05, 0.1) is 11.6 Å². The summed E-state index contributed by atoms with van der Waals surface area (Å²) in [5.41, 5.74) is 3.32. The Kier molecular flexibility index (Phi) is 5.18. The number of likely N-dealkylation sites (tertiary alicyclic amines) is 1. The van der Waals surface area contributed by atoms with E-state index in [2.05, 4.69) is 4.98 Å². The highest BCUT2D eigenvalue weighted by atomic mass is 16.3. The van der Waals surface area contributed by atoms with Crippen molar-refractivity contribution in [3.63, 3.8) is 0 Å². The molecule has 3 aromatic rings. The first-order valence-corrected chi connectivity index (χ1v) is 9.95. The first-order valence-electron chi connectivity index (χ1n) is 9.95. The van der Waals surface area contributed by atoms with E-state index in [1.54, 1.807) is 11.1 Å². The average Bonchev–Trinajstić information content (AvgIpc) is 3.26. The van der Waals surface area contributed by atoms with Gasteiger partial charge in [-0.25, -0.2) is 0 Å². The van der Waals surface area contributed by atoms with Crippen molar-refractivity contribution in [3.05, 3.63) is 77.0 Å². The molecule has 6 nitrogen and oxygen atoms in total. The summed E-state index contributed by atoms with van der Waals surface area (Å²) in [6.07, 6.45) is 1.68. The van der Waals surface area contributed by atoms with E-state index in [-0.39, 0.29) is 11.3 Å². The highest BCUT2D eigenvalue weighted by Crippen LogP contribution is 2.41. The molecule has 154 valence electrons. The molecule has 0 aliphatic carbocycles. The Balaban J connectivity index is 1.91. The van der Waals surface area contributed by atoms with Crippen LogP contribution >= 0.6 is 0 Å². The fraction of sp³-hybridized carbons (Fsp3) is 0.250. The number of aliphatic hydroxyl groups excluding tert-OH is 1. The summed E-state index contributed by atoms with van der Waals surface area (Å²) in [7, 11) is 3.84. The number of nitrogens with one attached hydrogen (secondary N) is 1. The molecule has 1 saturated heterocycles. The summed E-state index contributed by atoms with van der Waals surface area (Å²) < 4.78 is 0. The standard InChI is InChI=1S/C24H25N3O3/c1-15-8-4-5-9-16(15)21-20(23(29)24(30)27(21)13-12-26(2)3)22(28)18-14-25-19-11-7-6-10-17(18)19/h4-11,14,21,25,28H,12-13H2,1-3H3/b22-20+. The number of fused-ring (bicyclic) bond motifs is 1. The van der Waals surface area contributed by atoms with Gasteiger partial charge in [-0.3, -0.25) is 9.59 Å². The molecule has 1 atom stereocenters. The number of rotatable bonds is 5. The van der Waals surface area contributed by atoms with Crippen LogP contribution in [0.2, 0.25) is 0 Å². The summed E-state index contributed by atoms with van der Waals surface area (Å²) in [5, 5.41) is 12.1. The predicted octanol–water partition coefficient (Wildman–Crippen LogP) is 3.46. The minimum atomic E-state index is -0.648. The van der Waals surface area contributed by atoms with Crippen molar-refractivity contribution in [1.29, 1.82) is 0 Å². The van der Waals surface area contributed by atoms with Crippen LogP contribution in [0.5, 0.6) is 0 Å². The van der Waals surface area contributed by atoms with Crippen LogP contribution in [0.25, 0.3) is 16.7 Å². The normalized spacial score (nSPS) is 18.7. The predicted molar refractivity (Wildman–Crippen MR) is 117 cm³/mol. The molecule has 1 amide bonds. The lowest BCUT2D eigenvalue weighted by Gasteiger charge is -2.27. The zero-order valence-electron chi connectivity index (χ0n) is 17.3. The number of likely N-dealkylation sites (N-methyl/N-ethyl adjacent to an activating group) is 1. The number of para-hydroxylation sites is 1. The van der Waals surface area contributed by atoms with E-state index in [0.717, 1.165) is 22.0 Å². The first kappa shape index (κ1) is 19.9. The SMILES string of the molecule is Cc1ccccc1C1/C(=C(\O)c2c[nH]c3ccccc23)C(=O)C(=O)N1CCN(C)C. The third-order valence-corrected chi connectivity index (χ3v) is 5.66. The molecule has 2 N–H and O–H groups in total. The topological polar surface area (TPSA) is 76.6 Å². The average molecular weight is 403 g/mol. The van der Waals surface area contributed by atoms with Crippen molar-refractivity contribution >= 4 is 28.4 Å². The van der Waals surface area contributed by atoms with Crippen molar-refractivity contribution < 1.29 is 14.7 Å². The summed E-state index contributed by atoms with van der Waals surface area (Å²) in [6.45, 7) is 2.96. The van der Waals surface area contributed by atoms with Gasteiger partial charge < -0.3 is 19.9 Å². The Hall–Kier alpha value is -3.38. The number of aromatic nitrogens is 1. The number of H-pyrrole nitrogens is 1. The number of Topliss-reactive ketones (excluding diaryl/α,β-unsaturated/α-hetero) is 1. The quantitative estimate of drug-likeness (QED) is 0.389. The van der Waals surface area contributed by atoms with Gasteiger partial charge in [0.25, 0.3) is 11.7 Å². The van der Waals surface area contributed by atoms with Gasteiger partial charge in [-0.1, -0.05) is 42.5 Å². The number of carbonyl (C=O) groups excluding carboxylic acids is 2. The molecule has 4 rings (SSSR count). The smallest absolute Gasteiger partial charge is 0.295 e. The largest absolute Gasteiger partial charge is 0.507 e. The molecule has 0 spiro atoms. The minimum absolute atomic E-state index is 0.137. The number of carbonyl (C=O) groups is 2. The van der Waals surface area contributed by atoms with Gasteiger partial charge in [0, 0.05) is 35.8 Å². The van der Waals surface area contributed by atoms with Crippen LogP contribution in [0.15, 0.2) is 60.3 Å². The molecule has 2 heterocycles. The maximum atomic E-state index is 13.1. The summed E-state index contributed by atoms with van der Waals surface area (Å²) in [6, 6.07) is 14.6. The van der Waals surface area contributed by atoms with Crippen molar-refractivity contribution in [3.8, 4) is 0 Å². The van der Waals surface area contributed by atoms with Crippen LogP contribution in [0.3, 0.4) is 0 Å². The Morgan fingerprint density at radius 1 is 1.10 bits per heavy atom. The molecule has 1 unspecified atom stereocenters. The van der Waals surface area contributed by atoms with Gasteiger partial charge in [-0.15, -0.1) is 0 Å². The van der Waals surface area contributed by atoms with Crippen molar-refractivity contribution in [1.82, 2.24) is 14.8 Å². The van der Waals surface area contributed by atoms with Crippen LogP contribution in [0.4, 0.5) is 0 Å². The molecule has 1 fully saturated rings. The van der Waals surface area contributed by atoms with Crippen LogP contribution < -0.4 is 0 Å². The number of aromatic amines is 1. The van der Waals surface area contributed by atoms with E-state index in [4.69, 9.17) is 0 Å². The van der Waals surface area contributed by atoms with Gasteiger partial charge in [0.1, 0.15) is 5.76 Å². The number of hydrogen-bond donors (Lipinski definition) is 2. The van der Waals surface area contributed by atoms with E-state index in [0.29, 0.717) is 18.7 Å². The highest BCUT2D eigenvalue weighted by Gasteiger charge is 2.46. The number of nitrogens with zero attached hydrogens (tertiary/aromatic N) is 2. The molecule has 0 bridgehead atoms. The number of aliphatic hydroxyl groups is 1. The Morgan fingerprint density at radius 2 is 1.80 bits per heavy atom. The lowest BCUT2D eigenvalue weighted by molar-refractivity contribution is -0.140. The molecule has 30 heavy (non-hydrogen) atoms. The number of ketones is 1. The summed E-state index contributed by atoms with van der Waals surface area (Å²) >= 11 is 0. The Morgan fingerprint density at radius 3 is 2.53 bits per heavy atom. The van der Waals surface area contributed by atoms with Gasteiger partial charge in [-0.05, 0) is 38.2 Å². The second-order valence-corrected chi connectivity index (χ2v) is 7.90. The lowest BCUT2D eigenvalue weighted by Crippen LogP contribution is -2.35. The molecule has 0 saturated carbocycles. The number of aryl methyl sites for hydroxylation is 1. The fourth-order valence-corrected chi connectivity index (χ4v) is 4.05. The van der Waals surface area contributed by atoms with Crippen molar-refractivity contribution in [2.24, 2.45) is 0 Å².